The topological polar surface area (TPSA) is 51.9 Å². The van der Waals surface area contributed by atoms with Crippen molar-refractivity contribution < 1.29 is 14.3 Å². The van der Waals surface area contributed by atoms with Crippen LogP contribution in [-0.4, -0.2) is 57.8 Å². The van der Waals surface area contributed by atoms with Gasteiger partial charge in [-0.2, -0.15) is 0 Å². The maximum atomic E-state index is 12.9. The smallest absolute Gasteiger partial charge is 0.254 e. The number of fused-ring (bicyclic) bond motifs is 1. The van der Waals surface area contributed by atoms with Crippen molar-refractivity contribution in [1.29, 1.82) is 0 Å². The van der Waals surface area contributed by atoms with Crippen LogP contribution in [0.1, 0.15) is 21.5 Å². The van der Waals surface area contributed by atoms with E-state index in [1.807, 2.05) is 21.9 Å². The molecule has 3 aromatic rings. The van der Waals surface area contributed by atoms with E-state index in [1.54, 1.807) is 18.2 Å². The Kier molecular flexibility index (Phi) is 5.48. The van der Waals surface area contributed by atoms with E-state index in [2.05, 4.69) is 41.5 Å². The largest absolute Gasteiger partial charge is 0.454 e. The molecule has 1 amide bonds. The summed E-state index contributed by atoms with van der Waals surface area (Å²) in [5, 5.41) is 0. The van der Waals surface area contributed by atoms with Gasteiger partial charge in [-0.1, -0.05) is 6.07 Å². The van der Waals surface area contributed by atoms with Crippen molar-refractivity contribution in [3.8, 4) is 17.2 Å². The van der Waals surface area contributed by atoms with Gasteiger partial charge >= 0.3 is 0 Å². The molecule has 1 aromatic heterocycles. The zero-order valence-electron chi connectivity index (χ0n) is 18.3. The van der Waals surface area contributed by atoms with Gasteiger partial charge in [-0.05, 0) is 67.5 Å². The lowest BCUT2D eigenvalue weighted by atomic mass is 10.1. The molecule has 0 bridgehead atoms. The molecule has 0 saturated carbocycles. The Morgan fingerprint density at radius 1 is 0.938 bits per heavy atom. The fraction of sp³-hybridized carbons (Fsp3) is 0.333. The van der Waals surface area contributed by atoms with E-state index in [1.165, 1.54) is 11.1 Å². The van der Waals surface area contributed by atoms with Crippen molar-refractivity contribution in [2.75, 3.05) is 33.0 Å². The highest BCUT2D eigenvalue weighted by molar-refractivity contribution is 7.71. The van der Waals surface area contributed by atoms with Crippen LogP contribution in [0, 0.1) is 18.6 Å². The van der Waals surface area contributed by atoms with Crippen molar-refractivity contribution in [2.24, 2.45) is 0 Å². The molecule has 7 nitrogen and oxygen atoms in total. The van der Waals surface area contributed by atoms with Gasteiger partial charge < -0.3 is 18.9 Å². The normalized spacial score (nSPS) is 15.9. The molecule has 0 aliphatic carbocycles. The maximum absolute atomic E-state index is 12.9. The van der Waals surface area contributed by atoms with E-state index < -0.39 is 0 Å². The molecule has 166 valence electrons. The van der Waals surface area contributed by atoms with Crippen LogP contribution < -0.4 is 9.47 Å². The van der Waals surface area contributed by atoms with Crippen LogP contribution in [0.3, 0.4) is 0 Å². The van der Waals surface area contributed by atoms with Gasteiger partial charge in [0.1, 0.15) is 0 Å². The fourth-order valence-electron chi connectivity index (χ4n) is 4.11. The van der Waals surface area contributed by atoms with Crippen molar-refractivity contribution in [1.82, 2.24) is 18.9 Å². The number of carbonyl (C=O) groups excluding carboxylic acids is 1. The molecule has 5 rings (SSSR count). The SMILES string of the molecule is Cc1ccc(-n2ccn(CN3CCN(C(=O)c4ccc5c(c4)OCO5)CC3)c2=S)cc1C. The minimum atomic E-state index is 0.0282. The van der Waals surface area contributed by atoms with Crippen molar-refractivity contribution in [2.45, 2.75) is 20.5 Å². The first kappa shape index (κ1) is 20.8. The maximum Gasteiger partial charge on any atom is 0.254 e. The molecule has 1 saturated heterocycles. The van der Waals surface area contributed by atoms with Gasteiger partial charge in [-0.15, -0.1) is 0 Å². The van der Waals surface area contributed by atoms with Gasteiger partial charge in [-0.3, -0.25) is 14.3 Å². The third kappa shape index (κ3) is 3.91. The summed E-state index contributed by atoms with van der Waals surface area (Å²) >= 11 is 5.73. The molecule has 0 radical (unpaired) electrons. The quantitative estimate of drug-likeness (QED) is 0.567. The van der Waals surface area contributed by atoms with Gasteiger partial charge in [0.2, 0.25) is 6.79 Å². The van der Waals surface area contributed by atoms with E-state index in [4.69, 9.17) is 21.7 Å². The summed E-state index contributed by atoms with van der Waals surface area (Å²) in [6.07, 6.45) is 4.05. The molecule has 2 aromatic carbocycles. The van der Waals surface area contributed by atoms with Crippen LogP contribution in [0.2, 0.25) is 0 Å². The summed E-state index contributed by atoms with van der Waals surface area (Å²) in [6.45, 7) is 8.10. The molecule has 1 fully saturated rings. The second kappa shape index (κ2) is 8.44. The molecule has 32 heavy (non-hydrogen) atoms. The number of benzene rings is 2. The number of piperazine rings is 1. The number of hydrogen-bond donors (Lipinski definition) is 0. The van der Waals surface area contributed by atoms with Crippen LogP contribution >= 0.6 is 12.2 Å². The zero-order valence-corrected chi connectivity index (χ0v) is 19.1. The van der Waals surface area contributed by atoms with Gasteiger partial charge in [0.25, 0.3) is 5.91 Å². The van der Waals surface area contributed by atoms with Gasteiger partial charge in [-0.25, -0.2) is 0 Å². The molecule has 8 heteroatoms. The number of rotatable bonds is 4. The number of amides is 1. The summed E-state index contributed by atoms with van der Waals surface area (Å²) < 4.78 is 15.6. The van der Waals surface area contributed by atoms with E-state index >= 15 is 0 Å². The number of carbonyl (C=O) groups is 1. The Morgan fingerprint density at radius 2 is 1.72 bits per heavy atom. The molecule has 2 aliphatic heterocycles. The first-order valence-electron chi connectivity index (χ1n) is 10.8. The second-order valence-electron chi connectivity index (χ2n) is 8.31. The average Bonchev–Trinajstić information content (AvgIpc) is 3.42. The Bertz CT molecular complexity index is 1220. The van der Waals surface area contributed by atoms with Gasteiger partial charge in [0.15, 0.2) is 16.3 Å². The summed E-state index contributed by atoms with van der Waals surface area (Å²) in [4.78, 5) is 17.1. The van der Waals surface area contributed by atoms with Crippen LogP contribution in [0.5, 0.6) is 11.5 Å². The Labute approximate surface area is 192 Å². The average molecular weight is 451 g/mol. The predicted molar refractivity (Wildman–Crippen MR) is 124 cm³/mol. The molecular weight excluding hydrogens is 424 g/mol. The monoisotopic (exact) mass is 450 g/mol. The van der Waals surface area contributed by atoms with Crippen molar-refractivity contribution in [3.63, 3.8) is 0 Å². The molecule has 0 spiro atoms. The van der Waals surface area contributed by atoms with E-state index in [0.717, 1.165) is 23.5 Å². The Hall–Kier alpha value is -3.10. The third-order valence-electron chi connectivity index (χ3n) is 6.25. The standard InChI is InChI=1S/C24H26N4O3S/c1-17-3-5-20(13-18(17)2)28-12-11-27(24(28)32)15-25-7-9-26(10-8-25)23(29)19-4-6-21-22(14-19)31-16-30-21/h3-6,11-14H,7-10,15-16H2,1-2H3. The molecule has 0 unspecified atom stereocenters. The van der Waals surface area contributed by atoms with Crippen LogP contribution in [0.4, 0.5) is 0 Å². The van der Waals surface area contributed by atoms with E-state index in [-0.39, 0.29) is 12.7 Å². The Balaban J connectivity index is 1.22. The van der Waals surface area contributed by atoms with Crippen LogP contribution in [-0.2, 0) is 6.67 Å². The first-order chi connectivity index (χ1) is 15.5. The third-order valence-corrected chi connectivity index (χ3v) is 6.68. The van der Waals surface area contributed by atoms with Crippen LogP contribution in [0.25, 0.3) is 5.69 Å². The minimum Gasteiger partial charge on any atom is -0.454 e. The highest BCUT2D eigenvalue weighted by Crippen LogP contribution is 2.32. The fourth-order valence-corrected chi connectivity index (χ4v) is 4.40. The number of hydrogen-bond acceptors (Lipinski definition) is 5. The number of aromatic nitrogens is 2. The highest BCUT2D eigenvalue weighted by Gasteiger charge is 2.24. The molecule has 0 N–H and O–H groups in total. The number of imidazole rings is 1. The lowest BCUT2D eigenvalue weighted by molar-refractivity contribution is 0.0593. The number of aryl methyl sites for hydroxylation is 2. The van der Waals surface area contributed by atoms with Crippen molar-refractivity contribution in [3.05, 3.63) is 70.3 Å². The Morgan fingerprint density at radius 3 is 2.50 bits per heavy atom. The summed E-state index contributed by atoms with van der Waals surface area (Å²) in [5.74, 6) is 1.36. The van der Waals surface area contributed by atoms with Gasteiger partial charge in [0, 0.05) is 49.8 Å². The predicted octanol–water partition coefficient (Wildman–Crippen LogP) is 3.77. The number of ether oxygens (including phenoxy) is 2. The summed E-state index contributed by atoms with van der Waals surface area (Å²) in [7, 11) is 0. The highest BCUT2D eigenvalue weighted by atomic mass is 32.1. The summed E-state index contributed by atoms with van der Waals surface area (Å²) in [6, 6.07) is 11.8. The van der Waals surface area contributed by atoms with Gasteiger partial charge in [0.05, 0.1) is 6.67 Å². The molecule has 3 heterocycles. The molecular formula is C24H26N4O3S. The second-order valence-corrected chi connectivity index (χ2v) is 8.67. The molecule has 2 aliphatic rings. The minimum absolute atomic E-state index is 0.0282. The molecule has 0 atom stereocenters. The van der Waals surface area contributed by atoms with E-state index in [9.17, 15) is 4.79 Å². The summed E-state index contributed by atoms with van der Waals surface area (Å²) in [5.41, 5.74) is 4.24. The lowest BCUT2D eigenvalue weighted by Gasteiger charge is -2.34. The van der Waals surface area contributed by atoms with Crippen LogP contribution in [0.15, 0.2) is 48.8 Å². The zero-order chi connectivity index (χ0) is 22.2. The van der Waals surface area contributed by atoms with E-state index in [0.29, 0.717) is 36.8 Å². The number of nitrogens with zero attached hydrogens (tertiary/aromatic N) is 4. The lowest BCUT2D eigenvalue weighted by Crippen LogP contribution is -2.48. The first-order valence-corrected chi connectivity index (χ1v) is 11.2. The van der Waals surface area contributed by atoms with Crippen molar-refractivity contribution >= 4 is 18.1 Å².